The molecule has 4 aliphatic carbocycles. The Morgan fingerprint density at radius 1 is 0.977 bits per heavy atom. The number of anilines is 1. The minimum absolute atomic E-state index is 0.189. The largest absolute Gasteiger partial charge is 0.400 e. The predicted molar refractivity (Wildman–Crippen MR) is 179 cm³/mol. The van der Waals surface area contributed by atoms with Crippen LogP contribution in [-0.2, 0) is 9.59 Å². The molecule has 4 saturated carbocycles. The van der Waals surface area contributed by atoms with Crippen molar-refractivity contribution in [2.45, 2.75) is 110 Å². The maximum absolute atomic E-state index is 11.4. The van der Waals surface area contributed by atoms with E-state index in [2.05, 4.69) is 27.7 Å². The number of carbonyl (C=O) groups excluding carboxylic acids is 2. The molecule has 5 aliphatic rings. The Balaban J connectivity index is 0.000000239. The van der Waals surface area contributed by atoms with Crippen molar-refractivity contribution >= 4 is 30.4 Å². The minimum Gasteiger partial charge on any atom is -0.400 e. The summed E-state index contributed by atoms with van der Waals surface area (Å²) in [6.07, 6.45) is 16.6. The molecule has 5 fully saturated rings. The zero-order valence-electron chi connectivity index (χ0n) is 27.6. The number of aliphatic hydroxyl groups is 1. The van der Waals surface area contributed by atoms with E-state index in [0.717, 1.165) is 90.7 Å². The lowest BCUT2D eigenvalue weighted by Crippen LogP contribution is -2.55. The van der Waals surface area contributed by atoms with E-state index in [1.54, 1.807) is 11.3 Å². The highest BCUT2D eigenvalue weighted by Gasteiger charge is 2.61. The van der Waals surface area contributed by atoms with Gasteiger partial charge in [-0.2, -0.15) is 0 Å². The number of aliphatic hydroxyl groups excluding tert-OH is 1. The molecule has 5 unspecified atom stereocenters. The lowest BCUT2D eigenvalue weighted by Gasteiger charge is -2.63. The van der Waals surface area contributed by atoms with Gasteiger partial charge >= 0.3 is 0 Å². The molecule has 1 amide bonds. The van der Waals surface area contributed by atoms with Crippen molar-refractivity contribution < 1.29 is 19.2 Å². The average molecular weight is 617 g/mol. The third-order valence-electron chi connectivity index (χ3n) is 12.7. The first-order valence-electron chi connectivity index (χ1n) is 16.9. The Morgan fingerprint density at radius 3 is 2.23 bits per heavy atom. The molecule has 9 atom stereocenters. The number of benzene rings is 1. The summed E-state index contributed by atoms with van der Waals surface area (Å²) in [4.78, 5) is 22.0. The van der Waals surface area contributed by atoms with Gasteiger partial charge in [-0.25, -0.2) is 0 Å². The predicted octanol–water partition coefficient (Wildman–Crippen LogP) is 8.07. The van der Waals surface area contributed by atoms with Gasteiger partial charge in [0.05, 0.1) is 0 Å². The molecule has 6 nitrogen and oxygen atoms in total. The number of fused-ring (bicyclic) bond motifs is 5. The van der Waals surface area contributed by atoms with E-state index in [-0.39, 0.29) is 5.91 Å². The number of rotatable bonds is 5. The first-order valence-corrected chi connectivity index (χ1v) is 17.7. The van der Waals surface area contributed by atoms with Gasteiger partial charge in [0.1, 0.15) is 6.79 Å². The van der Waals surface area contributed by atoms with Crippen LogP contribution >= 0.6 is 12.0 Å². The van der Waals surface area contributed by atoms with Crippen LogP contribution in [0, 0.1) is 52.3 Å². The van der Waals surface area contributed by atoms with Crippen molar-refractivity contribution in [1.29, 1.82) is 0 Å². The molecule has 1 aromatic rings. The first kappa shape index (κ1) is 36.1. The maximum atomic E-state index is 11.4. The van der Waals surface area contributed by atoms with Gasteiger partial charge in [0.25, 0.3) is 0 Å². The van der Waals surface area contributed by atoms with E-state index in [9.17, 15) is 4.79 Å². The molecule has 244 valence electrons. The number of hydrogen-bond donors (Lipinski definition) is 3. The Morgan fingerprint density at radius 2 is 1.65 bits per heavy atom. The quantitative estimate of drug-likeness (QED) is 0.289. The lowest BCUT2D eigenvalue weighted by atomic mass is 9.42. The van der Waals surface area contributed by atoms with Gasteiger partial charge in [-0.3, -0.25) is 4.79 Å². The van der Waals surface area contributed by atoms with Crippen LogP contribution in [0.15, 0.2) is 29.2 Å². The number of nitrogens with two attached hydrogens (primary N) is 1. The molecule has 0 bridgehead atoms. The van der Waals surface area contributed by atoms with Gasteiger partial charge in [0.2, 0.25) is 5.91 Å². The van der Waals surface area contributed by atoms with E-state index >= 15 is 0 Å². The SMILES string of the molecule is C=O.CC[C@H]1CC2C3CC[C@H]([C@H](C)CN)C3(C)CC[C@@H]2C2(C)CCCCC12.CO.O=C1CCCN1c1ccc(SO)cc1. The molecule has 1 saturated heterocycles. The maximum Gasteiger partial charge on any atom is 0.227 e. The Kier molecular flexibility index (Phi) is 13.6. The highest BCUT2D eigenvalue weighted by Crippen LogP contribution is 2.69. The molecule has 1 heterocycles. The summed E-state index contributed by atoms with van der Waals surface area (Å²) in [5, 5.41) is 7.00. The number of nitrogens with zero attached hydrogens (tertiary/aromatic N) is 1. The van der Waals surface area contributed by atoms with Crippen molar-refractivity contribution in [3.05, 3.63) is 24.3 Å². The van der Waals surface area contributed by atoms with Crippen LogP contribution < -0.4 is 10.6 Å². The zero-order chi connectivity index (χ0) is 31.8. The normalized spacial score (nSPS) is 36.7. The second-order valence-electron chi connectivity index (χ2n) is 14.3. The Bertz CT molecular complexity index is 1010. The second-order valence-corrected chi connectivity index (χ2v) is 15.0. The standard InChI is InChI=1S/C24H43N.C10H11NO2S.CH4O.CH2O/c1-5-17-14-18-21-10-9-19(16(2)15-25)24(21,4)13-11-22(18)23(3)12-7-6-8-20(17)23;12-10-2-1-7-11(10)8-3-5-9(14-13)6-4-8;2*1-2/h16-22H,5-15,25H2,1-4H3;3-6,13H,1-2,7H2;2H,1H3;1H2/t16-,17+,18?,19-,20?,21?,22+,23?,24?;;;/m1.../s1. The molecule has 4 N–H and O–H groups in total. The van der Waals surface area contributed by atoms with Crippen molar-refractivity contribution in [1.82, 2.24) is 0 Å². The van der Waals surface area contributed by atoms with E-state index in [0.29, 0.717) is 17.3 Å². The number of amides is 1. The van der Waals surface area contributed by atoms with Gasteiger partial charge in [-0.15, -0.1) is 0 Å². The molecule has 0 radical (unpaired) electrons. The highest BCUT2D eigenvalue weighted by atomic mass is 32.2. The van der Waals surface area contributed by atoms with E-state index < -0.39 is 0 Å². The summed E-state index contributed by atoms with van der Waals surface area (Å²) in [6.45, 7) is 14.0. The third-order valence-corrected chi connectivity index (χ3v) is 13.2. The van der Waals surface area contributed by atoms with Crippen LogP contribution in [-0.4, -0.2) is 42.6 Å². The molecule has 43 heavy (non-hydrogen) atoms. The summed E-state index contributed by atoms with van der Waals surface area (Å²) in [6, 6.07) is 7.35. The van der Waals surface area contributed by atoms with Crippen LogP contribution in [0.2, 0.25) is 0 Å². The fourth-order valence-corrected chi connectivity index (χ4v) is 11.0. The van der Waals surface area contributed by atoms with Crippen molar-refractivity contribution in [3.63, 3.8) is 0 Å². The highest BCUT2D eigenvalue weighted by molar-refractivity contribution is 7.93. The Labute approximate surface area is 266 Å². The molecule has 0 spiro atoms. The minimum atomic E-state index is 0.189. The van der Waals surface area contributed by atoms with Crippen molar-refractivity contribution in [2.75, 3.05) is 25.1 Å². The molecule has 6 rings (SSSR count). The molecular weight excluding hydrogens is 556 g/mol. The second kappa shape index (κ2) is 16.2. The van der Waals surface area contributed by atoms with Gasteiger partial charge in [0.15, 0.2) is 0 Å². The van der Waals surface area contributed by atoms with Crippen molar-refractivity contribution in [3.8, 4) is 0 Å². The van der Waals surface area contributed by atoms with Crippen LogP contribution in [0.5, 0.6) is 0 Å². The van der Waals surface area contributed by atoms with Gasteiger partial charge in [-0.05, 0) is 134 Å². The Hall–Kier alpha value is -1.41. The summed E-state index contributed by atoms with van der Waals surface area (Å²) < 4.78 is 8.78. The average Bonchev–Trinajstić information content (AvgIpc) is 3.65. The van der Waals surface area contributed by atoms with Gasteiger partial charge in [-0.1, -0.05) is 47.0 Å². The van der Waals surface area contributed by atoms with Crippen LogP contribution in [0.3, 0.4) is 0 Å². The van der Waals surface area contributed by atoms with Gasteiger partial charge < -0.3 is 25.1 Å². The topological polar surface area (TPSA) is 104 Å². The third kappa shape index (κ3) is 7.21. The zero-order valence-corrected chi connectivity index (χ0v) is 28.4. The van der Waals surface area contributed by atoms with Crippen LogP contribution in [0.25, 0.3) is 0 Å². The first-order chi connectivity index (χ1) is 20.8. The summed E-state index contributed by atoms with van der Waals surface area (Å²) in [5.41, 5.74) is 8.30. The summed E-state index contributed by atoms with van der Waals surface area (Å²) >= 11 is 0.717. The van der Waals surface area contributed by atoms with E-state index in [4.69, 9.17) is 20.2 Å². The van der Waals surface area contributed by atoms with Gasteiger partial charge in [0, 0.05) is 42.7 Å². The lowest BCUT2D eigenvalue weighted by molar-refractivity contribution is -0.137. The fourth-order valence-electron chi connectivity index (χ4n) is 10.8. The van der Waals surface area contributed by atoms with E-state index in [1.807, 2.05) is 31.1 Å². The molecule has 0 aromatic heterocycles. The molecule has 7 heteroatoms. The smallest absolute Gasteiger partial charge is 0.227 e. The van der Waals surface area contributed by atoms with Crippen molar-refractivity contribution in [2.24, 2.45) is 58.0 Å². The summed E-state index contributed by atoms with van der Waals surface area (Å²) in [7, 11) is 1.00. The number of hydrogen-bond acceptors (Lipinski definition) is 6. The molecular formula is C36H60N2O4S. The van der Waals surface area contributed by atoms with Crippen LogP contribution in [0.1, 0.15) is 105 Å². The van der Waals surface area contributed by atoms with E-state index in [1.165, 1.54) is 57.8 Å². The molecule has 1 aliphatic heterocycles. The monoisotopic (exact) mass is 616 g/mol. The summed E-state index contributed by atoms with van der Waals surface area (Å²) in [5.74, 6) is 6.91. The fraction of sp³-hybridized carbons (Fsp3) is 0.778. The van der Waals surface area contributed by atoms with Crippen LogP contribution in [0.4, 0.5) is 5.69 Å². The number of carbonyl (C=O) groups is 2. The molecule has 1 aromatic carbocycles.